The van der Waals surface area contributed by atoms with E-state index in [1.807, 2.05) is 18.2 Å². The molecule has 0 aliphatic rings. The summed E-state index contributed by atoms with van der Waals surface area (Å²) < 4.78 is 5.01. The van der Waals surface area contributed by atoms with Crippen molar-refractivity contribution in [2.45, 2.75) is 0 Å². The van der Waals surface area contributed by atoms with Gasteiger partial charge in [-0.1, -0.05) is 42.5 Å². The molecule has 2 aromatic carbocycles. The zero-order chi connectivity index (χ0) is 10.1. The molecular weight excluding hydrogens is 186 g/mol. The second-order valence-corrected chi connectivity index (χ2v) is 3.40. The molecule has 2 heteroatoms. The summed E-state index contributed by atoms with van der Waals surface area (Å²) in [5.41, 5.74) is 1.99. The van der Waals surface area contributed by atoms with E-state index in [1.165, 1.54) is 17.2 Å². The maximum absolute atomic E-state index is 5.01. The highest BCUT2D eigenvalue weighted by Gasteiger charge is 2.04. The molecule has 3 rings (SSSR count). The molecule has 1 aromatic heterocycles. The maximum atomic E-state index is 5.01. The molecule has 2 nitrogen and oxygen atoms in total. The molecule has 72 valence electrons. The molecule has 15 heavy (non-hydrogen) atoms. The average Bonchev–Trinajstić information content (AvgIpc) is 2.82. The van der Waals surface area contributed by atoms with E-state index >= 15 is 0 Å². The molecule has 0 spiro atoms. The summed E-state index contributed by atoms with van der Waals surface area (Å²) in [4.78, 5) is 4.17. The molecule has 0 saturated heterocycles. The smallest absolute Gasteiger partial charge is 0.181 e. The van der Waals surface area contributed by atoms with Crippen LogP contribution in [0.5, 0.6) is 0 Å². The number of aromatic nitrogens is 1. The van der Waals surface area contributed by atoms with Gasteiger partial charge in [0.1, 0.15) is 12.0 Å². The third-order valence-electron chi connectivity index (χ3n) is 2.50. The van der Waals surface area contributed by atoms with Crippen LogP contribution in [-0.2, 0) is 0 Å². The number of oxazole rings is 1. The maximum Gasteiger partial charge on any atom is 0.181 e. The first-order valence-electron chi connectivity index (χ1n) is 4.81. The SMILES string of the molecule is c1ccc2c(-c3cocn3)cccc2c1. The monoisotopic (exact) mass is 195 g/mol. The van der Waals surface area contributed by atoms with Crippen LogP contribution in [0.3, 0.4) is 0 Å². The quantitative estimate of drug-likeness (QED) is 0.594. The van der Waals surface area contributed by atoms with Gasteiger partial charge in [-0.2, -0.15) is 0 Å². The van der Waals surface area contributed by atoms with E-state index < -0.39 is 0 Å². The number of nitrogens with zero attached hydrogens (tertiary/aromatic N) is 1. The van der Waals surface area contributed by atoms with Crippen molar-refractivity contribution in [1.29, 1.82) is 0 Å². The van der Waals surface area contributed by atoms with Crippen molar-refractivity contribution in [3.05, 3.63) is 55.1 Å². The minimum atomic E-state index is 0.881. The lowest BCUT2D eigenvalue weighted by atomic mass is 10.0. The van der Waals surface area contributed by atoms with Crippen LogP contribution < -0.4 is 0 Å². The number of hydrogen-bond acceptors (Lipinski definition) is 2. The Morgan fingerprint density at radius 1 is 0.933 bits per heavy atom. The Balaban J connectivity index is 2.36. The number of hydrogen-bond donors (Lipinski definition) is 0. The van der Waals surface area contributed by atoms with Gasteiger partial charge in [0, 0.05) is 5.56 Å². The number of fused-ring (bicyclic) bond motifs is 1. The van der Waals surface area contributed by atoms with Crippen LogP contribution in [0.1, 0.15) is 0 Å². The van der Waals surface area contributed by atoms with Gasteiger partial charge in [0.15, 0.2) is 6.39 Å². The Morgan fingerprint density at radius 3 is 2.67 bits per heavy atom. The molecule has 0 atom stereocenters. The van der Waals surface area contributed by atoms with E-state index in [9.17, 15) is 0 Å². The van der Waals surface area contributed by atoms with E-state index in [2.05, 4.69) is 29.2 Å². The minimum Gasteiger partial charge on any atom is -0.451 e. The lowest BCUT2D eigenvalue weighted by molar-refractivity contribution is 0.558. The minimum absolute atomic E-state index is 0.881. The first-order chi connectivity index (χ1) is 7.45. The lowest BCUT2D eigenvalue weighted by Gasteiger charge is -2.02. The van der Waals surface area contributed by atoms with Crippen LogP contribution in [0.15, 0.2) is 59.5 Å². The molecule has 0 fully saturated rings. The fraction of sp³-hybridized carbons (Fsp3) is 0. The van der Waals surface area contributed by atoms with E-state index in [0.717, 1.165) is 11.3 Å². The molecule has 3 aromatic rings. The van der Waals surface area contributed by atoms with Gasteiger partial charge in [-0.3, -0.25) is 0 Å². The highest BCUT2D eigenvalue weighted by molar-refractivity contribution is 5.95. The summed E-state index contributed by atoms with van der Waals surface area (Å²) in [6.07, 6.45) is 3.12. The highest BCUT2D eigenvalue weighted by atomic mass is 16.3. The molecular formula is C13H9NO. The van der Waals surface area contributed by atoms with Crippen LogP contribution in [0.4, 0.5) is 0 Å². The third kappa shape index (κ3) is 1.31. The van der Waals surface area contributed by atoms with Crippen molar-refractivity contribution in [2.24, 2.45) is 0 Å². The summed E-state index contributed by atoms with van der Waals surface area (Å²) in [5, 5.41) is 2.42. The van der Waals surface area contributed by atoms with Crippen molar-refractivity contribution in [2.75, 3.05) is 0 Å². The number of rotatable bonds is 1. The molecule has 0 aliphatic heterocycles. The first kappa shape index (κ1) is 8.24. The molecule has 1 heterocycles. The summed E-state index contributed by atoms with van der Waals surface area (Å²) in [6.45, 7) is 0. The van der Waals surface area contributed by atoms with Crippen molar-refractivity contribution in [3.63, 3.8) is 0 Å². The van der Waals surface area contributed by atoms with Crippen LogP contribution in [0.2, 0.25) is 0 Å². The molecule has 0 N–H and O–H groups in total. The van der Waals surface area contributed by atoms with Gasteiger partial charge in [0.25, 0.3) is 0 Å². The van der Waals surface area contributed by atoms with Gasteiger partial charge in [0.2, 0.25) is 0 Å². The Bertz CT molecular complexity index is 579. The van der Waals surface area contributed by atoms with E-state index in [-0.39, 0.29) is 0 Å². The van der Waals surface area contributed by atoms with Crippen LogP contribution in [0, 0.1) is 0 Å². The zero-order valence-corrected chi connectivity index (χ0v) is 8.05. The van der Waals surface area contributed by atoms with E-state index in [4.69, 9.17) is 4.42 Å². The van der Waals surface area contributed by atoms with Gasteiger partial charge in [-0.15, -0.1) is 0 Å². The molecule has 0 bridgehead atoms. The zero-order valence-electron chi connectivity index (χ0n) is 8.05. The largest absolute Gasteiger partial charge is 0.451 e. The Hall–Kier alpha value is -2.09. The van der Waals surface area contributed by atoms with Crippen LogP contribution in [-0.4, -0.2) is 4.98 Å². The molecule has 0 saturated carbocycles. The fourth-order valence-electron chi connectivity index (χ4n) is 1.79. The third-order valence-corrected chi connectivity index (χ3v) is 2.50. The predicted octanol–water partition coefficient (Wildman–Crippen LogP) is 3.49. The molecule has 0 radical (unpaired) electrons. The molecule has 0 aliphatic carbocycles. The Morgan fingerprint density at radius 2 is 1.80 bits per heavy atom. The van der Waals surface area contributed by atoms with Crippen molar-refractivity contribution >= 4 is 10.8 Å². The van der Waals surface area contributed by atoms with E-state index in [0.29, 0.717) is 0 Å². The van der Waals surface area contributed by atoms with Crippen LogP contribution in [0.25, 0.3) is 22.0 Å². The van der Waals surface area contributed by atoms with E-state index in [1.54, 1.807) is 6.26 Å². The van der Waals surface area contributed by atoms with Crippen LogP contribution >= 0.6 is 0 Å². The predicted molar refractivity (Wildman–Crippen MR) is 59.4 cm³/mol. The number of benzene rings is 2. The summed E-state index contributed by atoms with van der Waals surface area (Å²) in [6, 6.07) is 14.4. The Labute approximate surface area is 87.2 Å². The summed E-state index contributed by atoms with van der Waals surface area (Å²) in [5.74, 6) is 0. The fourth-order valence-corrected chi connectivity index (χ4v) is 1.79. The van der Waals surface area contributed by atoms with Crippen molar-refractivity contribution in [1.82, 2.24) is 4.98 Å². The van der Waals surface area contributed by atoms with Gasteiger partial charge >= 0.3 is 0 Å². The van der Waals surface area contributed by atoms with Gasteiger partial charge in [-0.05, 0) is 10.8 Å². The first-order valence-corrected chi connectivity index (χ1v) is 4.81. The lowest BCUT2D eigenvalue weighted by Crippen LogP contribution is -1.80. The average molecular weight is 195 g/mol. The van der Waals surface area contributed by atoms with Crippen molar-refractivity contribution in [3.8, 4) is 11.3 Å². The summed E-state index contributed by atoms with van der Waals surface area (Å²) in [7, 11) is 0. The van der Waals surface area contributed by atoms with Crippen molar-refractivity contribution < 1.29 is 4.42 Å². The second-order valence-electron chi connectivity index (χ2n) is 3.40. The molecule has 0 unspecified atom stereocenters. The van der Waals surface area contributed by atoms with Gasteiger partial charge in [0.05, 0.1) is 0 Å². The van der Waals surface area contributed by atoms with Gasteiger partial charge < -0.3 is 4.42 Å². The topological polar surface area (TPSA) is 26.0 Å². The van der Waals surface area contributed by atoms with Gasteiger partial charge in [-0.25, -0.2) is 4.98 Å². The Kier molecular flexibility index (Phi) is 1.78. The highest BCUT2D eigenvalue weighted by Crippen LogP contribution is 2.26. The second kappa shape index (κ2) is 3.24. The standard InChI is InChI=1S/C13H9NO/c1-2-6-11-10(4-1)5-3-7-12(11)13-8-15-9-14-13/h1-9H. The summed E-state index contributed by atoms with van der Waals surface area (Å²) >= 11 is 0. The normalized spacial score (nSPS) is 10.7. The molecule has 0 amide bonds.